The molecule has 0 atom stereocenters. The van der Waals surface area contributed by atoms with Crippen LogP contribution in [-0.4, -0.2) is 59.9 Å². The molecule has 41 heavy (non-hydrogen) atoms. The zero-order valence-corrected chi connectivity index (χ0v) is 24.9. The van der Waals surface area contributed by atoms with E-state index in [1.54, 1.807) is 12.0 Å². The van der Waals surface area contributed by atoms with Gasteiger partial charge in [0, 0.05) is 50.5 Å². The van der Waals surface area contributed by atoms with Gasteiger partial charge in [0.25, 0.3) is 0 Å². The van der Waals surface area contributed by atoms with Crippen LogP contribution in [-0.2, 0) is 39.1 Å². The highest BCUT2D eigenvalue weighted by atomic mass is 16.5. The van der Waals surface area contributed by atoms with Gasteiger partial charge in [0.2, 0.25) is 11.8 Å². The number of ether oxygens (including phenoxy) is 1. The summed E-state index contributed by atoms with van der Waals surface area (Å²) in [4.78, 5) is 34.2. The molecule has 0 fully saturated rings. The van der Waals surface area contributed by atoms with Gasteiger partial charge >= 0.3 is 0 Å². The molecule has 3 aromatic carbocycles. The van der Waals surface area contributed by atoms with Gasteiger partial charge in [0.05, 0.1) is 13.0 Å². The first kappa shape index (κ1) is 30.1. The second-order valence-electron chi connectivity index (χ2n) is 11.7. The number of methoxy groups -OCH3 is 1. The Morgan fingerprint density at radius 2 is 1.51 bits per heavy atom. The van der Waals surface area contributed by atoms with E-state index in [0.717, 1.165) is 23.1 Å². The minimum atomic E-state index is -0.0523. The molecule has 0 saturated carbocycles. The quantitative estimate of drug-likeness (QED) is 0.202. The fraction of sp³-hybridized carbons (Fsp3) is 0.371. The first-order valence-corrected chi connectivity index (χ1v) is 14.5. The van der Waals surface area contributed by atoms with Gasteiger partial charge in [-0.15, -0.1) is 0 Å². The van der Waals surface area contributed by atoms with E-state index in [2.05, 4.69) is 62.2 Å². The van der Waals surface area contributed by atoms with Crippen LogP contribution in [0.1, 0.15) is 49.4 Å². The molecule has 0 saturated heterocycles. The Kier molecular flexibility index (Phi) is 10.4. The largest absolute Gasteiger partial charge is 0.385 e. The number of fused-ring (bicyclic) bond motifs is 1. The van der Waals surface area contributed by atoms with Gasteiger partial charge in [0.15, 0.2) is 0 Å². The Balaban J connectivity index is 1.53. The van der Waals surface area contributed by atoms with E-state index in [1.165, 1.54) is 16.5 Å². The van der Waals surface area contributed by atoms with Crippen molar-refractivity contribution in [3.05, 3.63) is 107 Å². The Labute approximate surface area is 244 Å². The van der Waals surface area contributed by atoms with Gasteiger partial charge in [-0.2, -0.15) is 0 Å². The van der Waals surface area contributed by atoms with E-state index in [4.69, 9.17) is 4.74 Å². The molecule has 0 unspecified atom stereocenters. The van der Waals surface area contributed by atoms with Crippen molar-refractivity contribution in [2.75, 3.05) is 33.4 Å². The predicted molar refractivity (Wildman–Crippen MR) is 166 cm³/mol. The third-order valence-corrected chi connectivity index (χ3v) is 7.53. The Morgan fingerprint density at radius 1 is 0.805 bits per heavy atom. The van der Waals surface area contributed by atoms with Gasteiger partial charge in [-0.05, 0) is 46.6 Å². The second-order valence-corrected chi connectivity index (χ2v) is 11.7. The van der Waals surface area contributed by atoms with Crippen LogP contribution in [0.5, 0.6) is 0 Å². The van der Waals surface area contributed by atoms with Crippen molar-refractivity contribution in [3.8, 4) is 0 Å². The first-order chi connectivity index (χ1) is 19.7. The number of hydrogen-bond acceptors (Lipinski definition) is 3. The van der Waals surface area contributed by atoms with Crippen LogP contribution in [0.15, 0.2) is 85.1 Å². The Morgan fingerprint density at radius 3 is 2.22 bits per heavy atom. The maximum atomic E-state index is 13.9. The minimum absolute atomic E-state index is 0.0450. The highest BCUT2D eigenvalue weighted by Gasteiger charge is 2.22. The van der Waals surface area contributed by atoms with Crippen molar-refractivity contribution in [2.45, 2.75) is 52.0 Å². The average Bonchev–Trinajstić information content (AvgIpc) is 3.38. The number of H-pyrrole nitrogens is 1. The van der Waals surface area contributed by atoms with Crippen molar-refractivity contribution < 1.29 is 14.3 Å². The maximum absolute atomic E-state index is 13.9. The van der Waals surface area contributed by atoms with Crippen LogP contribution >= 0.6 is 0 Å². The third kappa shape index (κ3) is 8.54. The SMILES string of the molecule is COCCCN(CC(=O)N(CCc1c[nH]c2ccccc12)Cc1ccc(C(C)(C)C)cc1)C(=O)Cc1ccccc1. The molecule has 0 bridgehead atoms. The molecule has 0 aliphatic heterocycles. The number of benzene rings is 3. The summed E-state index contributed by atoms with van der Waals surface area (Å²) < 4.78 is 5.23. The first-order valence-electron chi connectivity index (χ1n) is 14.5. The summed E-state index contributed by atoms with van der Waals surface area (Å²) in [7, 11) is 1.65. The van der Waals surface area contributed by atoms with Gasteiger partial charge in [-0.25, -0.2) is 0 Å². The molecular formula is C35H43N3O3. The second kappa shape index (κ2) is 14.1. The highest BCUT2D eigenvalue weighted by Crippen LogP contribution is 2.23. The zero-order chi connectivity index (χ0) is 29.2. The van der Waals surface area contributed by atoms with Crippen LogP contribution in [0, 0.1) is 0 Å². The summed E-state index contributed by atoms with van der Waals surface area (Å²) >= 11 is 0. The lowest BCUT2D eigenvalue weighted by Crippen LogP contribution is -2.44. The molecule has 0 radical (unpaired) electrons. The number of aromatic nitrogens is 1. The maximum Gasteiger partial charge on any atom is 0.242 e. The summed E-state index contributed by atoms with van der Waals surface area (Å²) in [6, 6.07) is 26.5. The number of carbonyl (C=O) groups excluding carboxylic acids is 2. The van der Waals surface area contributed by atoms with Crippen LogP contribution in [0.4, 0.5) is 0 Å². The predicted octanol–water partition coefficient (Wildman–Crippen LogP) is 6.14. The van der Waals surface area contributed by atoms with Crippen molar-refractivity contribution >= 4 is 22.7 Å². The van der Waals surface area contributed by atoms with E-state index in [9.17, 15) is 9.59 Å². The third-order valence-electron chi connectivity index (χ3n) is 7.53. The summed E-state index contributed by atoms with van der Waals surface area (Å²) in [5.41, 5.74) is 5.61. The van der Waals surface area contributed by atoms with E-state index in [0.29, 0.717) is 32.7 Å². The van der Waals surface area contributed by atoms with Crippen molar-refractivity contribution in [1.29, 1.82) is 0 Å². The van der Waals surface area contributed by atoms with Gasteiger partial charge in [-0.3, -0.25) is 9.59 Å². The summed E-state index contributed by atoms with van der Waals surface area (Å²) in [5.74, 6) is -0.102. The zero-order valence-electron chi connectivity index (χ0n) is 24.9. The van der Waals surface area contributed by atoms with Gasteiger partial charge in [0.1, 0.15) is 0 Å². The van der Waals surface area contributed by atoms with Crippen molar-refractivity contribution in [2.24, 2.45) is 0 Å². The number of carbonyl (C=O) groups is 2. The Bertz CT molecular complexity index is 1400. The molecule has 2 amide bonds. The molecule has 0 spiro atoms. The molecule has 1 aromatic heterocycles. The molecule has 4 rings (SSSR count). The molecule has 0 aliphatic carbocycles. The molecule has 1 N–H and O–H groups in total. The summed E-state index contributed by atoms with van der Waals surface area (Å²) in [6.07, 6.45) is 3.70. The molecule has 6 heteroatoms. The fourth-order valence-corrected chi connectivity index (χ4v) is 5.05. The lowest BCUT2D eigenvalue weighted by Gasteiger charge is -2.28. The lowest BCUT2D eigenvalue weighted by atomic mass is 9.87. The van der Waals surface area contributed by atoms with Crippen molar-refractivity contribution in [3.63, 3.8) is 0 Å². The Hall–Kier alpha value is -3.90. The number of amides is 2. The van der Waals surface area contributed by atoms with Crippen LogP contribution < -0.4 is 0 Å². The van der Waals surface area contributed by atoms with Crippen LogP contribution in [0.2, 0.25) is 0 Å². The number of nitrogens with zero attached hydrogens (tertiary/aromatic N) is 2. The lowest BCUT2D eigenvalue weighted by molar-refractivity contribution is -0.140. The molecule has 216 valence electrons. The van der Waals surface area contributed by atoms with Crippen molar-refractivity contribution in [1.82, 2.24) is 14.8 Å². The molecule has 0 aliphatic rings. The van der Waals surface area contributed by atoms with Gasteiger partial charge < -0.3 is 19.5 Å². The standard InChI is InChI=1S/C35H43N3O3/c1-35(2,3)30-17-15-28(16-18-30)25-38(21-19-29-24-36-32-14-9-8-13-31(29)32)34(40)26-37(20-10-22-41-4)33(39)23-27-11-6-5-7-12-27/h5-9,11-18,24,36H,10,19-23,25-26H2,1-4H3. The van der Waals surface area contributed by atoms with E-state index in [1.807, 2.05) is 53.6 Å². The number of nitrogens with one attached hydrogen (secondary N) is 1. The van der Waals surface area contributed by atoms with Crippen LogP contribution in [0.25, 0.3) is 10.9 Å². The average molecular weight is 554 g/mol. The normalized spacial score (nSPS) is 11.5. The number of aromatic amines is 1. The molecular weight excluding hydrogens is 510 g/mol. The van der Waals surface area contributed by atoms with E-state index in [-0.39, 0.29) is 30.2 Å². The van der Waals surface area contributed by atoms with E-state index < -0.39 is 0 Å². The minimum Gasteiger partial charge on any atom is -0.385 e. The molecule has 6 nitrogen and oxygen atoms in total. The summed E-state index contributed by atoms with van der Waals surface area (Å²) in [5, 5.41) is 1.17. The molecule has 4 aromatic rings. The van der Waals surface area contributed by atoms with Crippen LogP contribution in [0.3, 0.4) is 0 Å². The monoisotopic (exact) mass is 553 g/mol. The highest BCUT2D eigenvalue weighted by molar-refractivity contribution is 5.86. The van der Waals surface area contributed by atoms with E-state index >= 15 is 0 Å². The topological polar surface area (TPSA) is 65.6 Å². The smallest absolute Gasteiger partial charge is 0.242 e. The molecule has 1 heterocycles. The fourth-order valence-electron chi connectivity index (χ4n) is 5.05. The summed E-state index contributed by atoms with van der Waals surface area (Å²) in [6.45, 7) is 8.70. The number of rotatable bonds is 13. The number of hydrogen-bond donors (Lipinski definition) is 1. The van der Waals surface area contributed by atoms with Gasteiger partial charge in [-0.1, -0.05) is 93.6 Å². The number of para-hydroxylation sites is 1.